The Labute approximate surface area is 170 Å². The Balaban J connectivity index is 1.70. The molecule has 0 aliphatic rings. The third kappa shape index (κ3) is 5.12. The van der Waals surface area contributed by atoms with Gasteiger partial charge < -0.3 is 9.32 Å². The van der Waals surface area contributed by atoms with Gasteiger partial charge in [0, 0.05) is 30.9 Å². The second kappa shape index (κ2) is 7.84. The maximum Gasteiger partial charge on any atom is 0.289 e. The molecule has 8 nitrogen and oxygen atoms in total. The van der Waals surface area contributed by atoms with E-state index in [1.54, 1.807) is 38.7 Å². The first-order valence-electron chi connectivity index (χ1n) is 9.03. The summed E-state index contributed by atoms with van der Waals surface area (Å²) >= 11 is 0. The molecule has 3 aromatic rings. The van der Waals surface area contributed by atoms with Gasteiger partial charge in [0.05, 0.1) is 11.9 Å². The Kier molecular flexibility index (Phi) is 5.63. The lowest BCUT2D eigenvalue weighted by Crippen LogP contribution is -2.40. The lowest BCUT2D eigenvalue weighted by atomic mass is 10.1. The van der Waals surface area contributed by atoms with Crippen molar-refractivity contribution in [3.05, 3.63) is 66.2 Å². The minimum atomic E-state index is -3.84. The van der Waals surface area contributed by atoms with Crippen LogP contribution in [0, 0.1) is 0 Å². The molecule has 9 heteroatoms. The van der Waals surface area contributed by atoms with Gasteiger partial charge in [0.15, 0.2) is 5.76 Å². The minimum Gasteiger partial charge on any atom is -0.438 e. The van der Waals surface area contributed by atoms with Crippen molar-refractivity contribution < 1.29 is 17.6 Å². The Morgan fingerprint density at radius 3 is 2.52 bits per heavy atom. The molecule has 154 valence electrons. The molecule has 0 fully saturated rings. The van der Waals surface area contributed by atoms with Gasteiger partial charge in [-0.25, -0.2) is 17.8 Å². The zero-order valence-corrected chi connectivity index (χ0v) is 17.6. The summed E-state index contributed by atoms with van der Waals surface area (Å²) in [6, 6.07) is 12.3. The summed E-state index contributed by atoms with van der Waals surface area (Å²) in [7, 11) is -2.23. The number of carbonyl (C=O) groups excluding carboxylic acids is 1. The van der Waals surface area contributed by atoms with Crippen LogP contribution in [0.4, 0.5) is 0 Å². The highest BCUT2D eigenvalue weighted by atomic mass is 32.2. The van der Waals surface area contributed by atoms with Crippen LogP contribution in [0.5, 0.6) is 0 Å². The maximum absolute atomic E-state index is 12.6. The van der Waals surface area contributed by atoms with Crippen molar-refractivity contribution in [1.82, 2.24) is 19.4 Å². The number of carbonyl (C=O) groups is 1. The molecule has 3 rings (SSSR count). The number of nitrogens with zero attached hydrogens (tertiary/aromatic N) is 3. The zero-order valence-electron chi connectivity index (χ0n) is 16.8. The van der Waals surface area contributed by atoms with Gasteiger partial charge in [0.25, 0.3) is 15.9 Å². The average Bonchev–Trinajstić information content (AvgIpc) is 3.30. The van der Waals surface area contributed by atoms with Crippen molar-refractivity contribution in [2.24, 2.45) is 0 Å². The maximum atomic E-state index is 12.6. The van der Waals surface area contributed by atoms with Crippen molar-refractivity contribution in [2.75, 3.05) is 7.05 Å². The fourth-order valence-electron chi connectivity index (χ4n) is 2.73. The van der Waals surface area contributed by atoms with Crippen LogP contribution in [0.3, 0.4) is 0 Å². The molecule has 2 heterocycles. The standard InChI is InChI=1S/C20H24N4O4S/c1-20(2,3)22-29(26,27)18-11-10-17(28-18)19(25)23(4)13-15-12-21-24(14-15)16-8-6-5-7-9-16/h5-12,14,22H,13H2,1-4H3. The van der Waals surface area contributed by atoms with Crippen LogP contribution < -0.4 is 4.72 Å². The van der Waals surface area contributed by atoms with Gasteiger partial charge in [0.1, 0.15) is 0 Å². The highest BCUT2D eigenvalue weighted by molar-refractivity contribution is 7.89. The summed E-state index contributed by atoms with van der Waals surface area (Å²) < 4.78 is 34.2. The number of hydrogen-bond acceptors (Lipinski definition) is 5. The summed E-state index contributed by atoms with van der Waals surface area (Å²) in [5.41, 5.74) is 1.09. The molecule has 1 aromatic carbocycles. The summed E-state index contributed by atoms with van der Waals surface area (Å²) in [6.45, 7) is 5.48. The number of hydrogen-bond donors (Lipinski definition) is 1. The number of rotatable bonds is 6. The zero-order chi connectivity index (χ0) is 21.2. The molecular formula is C20H24N4O4S. The molecule has 0 saturated carbocycles. The third-order valence-electron chi connectivity index (χ3n) is 3.92. The normalized spacial score (nSPS) is 12.1. The smallest absolute Gasteiger partial charge is 0.289 e. The fraction of sp³-hybridized carbons (Fsp3) is 0.300. The van der Waals surface area contributed by atoms with E-state index >= 15 is 0 Å². The van der Waals surface area contributed by atoms with Crippen molar-refractivity contribution in [3.63, 3.8) is 0 Å². The van der Waals surface area contributed by atoms with E-state index in [4.69, 9.17) is 4.42 Å². The summed E-state index contributed by atoms with van der Waals surface area (Å²) in [6.07, 6.45) is 3.52. The predicted octanol–water partition coefficient (Wildman–Crippen LogP) is 2.81. The van der Waals surface area contributed by atoms with Crippen LogP contribution in [-0.4, -0.2) is 41.6 Å². The van der Waals surface area contributed by atoms with Crippen molar-refractivity contribution >= 4 is 15.9 Å². The first-order chi connectivity index (χ1) is 13.5. The Hall–Kier alpha value is -2.91. The molecule has 0 radical (unpaired) electrons. The summed E-state index contributed by atoms with van der Waals surface area (Å²) in [5.74, 6) is -0.466. The molecule has 0 spiro atoms. The Morgan fingerprint density at radius 2 is 1.86 bits per heavy atom. The van der Waals surface area contributed by atoms with Crippen LogP contribution in [0.25, 0.3) is 5.69 Å². The van der Waals surface area contributed by atoms with Gasteiger partial charge >= 0.3 is 0 Å². The number of nitrogens with one attached hydrogen (secondary N) is 1. The van der Waals surface area contributed by atoms with Crippen LogP contribution in [-0.2, 0) is 16.6 Å². The molecule has 0 atom stereocenters. The van der Waals surface area contributed by atoms with Gasteiger partial charge in [-0.15, -0.1) is 0 Å². The van der Waals surface area contributed by atoms with E-state index in [0.717, 1.165) is 11.3 Å². The number of amides is 1. The number of furan rings is 1. The minimum absolute atomic E-state index is 0.0442. The van der Waals surface area contributed by atoms with Gasteiger partial charge in [-0.2, -0.15) is 5.10 Å². The number of benzene rings is 1. The first-order valence-corrected chi connectivity index (χ1v) is 10.5. The van der Waals surface area contributed by atoms with Crippen LogP contribution >= 0.6 is 0 Å². The largest absolute Gasteiger partial charge is 0.438 e. The highest BCUT2D eigenvalue weighted by Gasteiger charge is 2.27. The second-order valence-corrected chi connectivity index (χ2v) is 9.38. The van der Waals surface area contributed by atoms with Gasteiger partial charge in [0.2, 0.25) is 5.09 Å². The van der Waals surface area contributed by atoms with E-state index in [1.165, 1.54) is 17.0 Å². The Bertz CT molecular complexity index is 1090. The SMILES string of the molecule is CN(Cc1cnn(-c2ccccc2)c1)C(=O)c1ccc(S(=O)(=O)NC(C)(C)C)o1. The number of para-hydroxylation sites is 1. The van der Waals surface area contributed by atoms with E-state index in [9.17, 15) is 13.2 Å². The highest BCUT2D eigenvalue weighted by Crippen LogP contribution is 2.18. The molecule has 0 unspecified atom stereocenters. The van der Waals surface area contributed by atoms with E-state index in [1.807, 2.05) is 36.5 Å². The van der Waals surface area contributed by atoms with Crippen LogP contribution in [0.2, 0.25) is 0 Å². The molecule has 0 bridgehead atoms. The van der Waals surface area contributed by atoms with Crippen LogP contribution in [0.1, 0.15) is 36.9 Å². The summed E-state index contributed by atoms with van der Waals surface area (Å²) in [5, 5.41) is 4.02. The lowest BCUT2D eigenvalue weighted by molar-refractivity contribution is 0.0747. The molecule has 1 N–H and O–H groups in total. The first kappa shape index (κ1) is 20.8. The van der Waals surface area contributed by atoms with Crippen LogP contribution in [0.15, 0.2) is 64.4 Å². The second-order valence-electron chi connectivity index (χ2n) is 7.76. The molecule has 0 saturated heterocycles. The molecule has 1 amide bonds. The van der Waals surface area contributed by atoms with E-state index in [-0.39, 0.29) is 10.9 Å². The topological polar surface area (TPSA) is 97.4 Å². The molecule has 2 aromatic heterocycles. The van der Waals surface area contributed by atoms with E-state index < -0.39 is 21.5 Å². The van der Waals surface area contributed by atoms with E-state index in [2.05, 4.69) is 9.82 Å². The summed E-state index contributed by atoms with van der Waals surface area (Å²) in [4.78, 5) is 14.1. The van der Waals surface area contributed by atoms with Crippen molar-refractivity contribution in [3.8, 4) is 5.69 Å². The third-order valence-corrected chi connectivity index (χ3v) is 5.55. The average molecular weight is 417 g/mol. The predicted molar refractivity (Wildman–Crippen MR) is 108 cm³/mol. The molecular weight excluding hydrogens is 392 g/mol. The Morgan fingerprint density at radius 1 is 1.17 bits per heavy atom. The number of aromatic nitrogens is 2. The van der Waals surface area contributed by atoms with Gasteiger partial charge in [-0.05, 0) is 45.0 Å². The fourth-order valence-corrected chi connectivity index (χ4v) is 4.08. The number of sulfonamides is 1. The van der Waals surface area contributed by atoms with E-state index in [0.29, 0.717) is 6.54 Å². The monoisotopic (exact) mass is 416 g/mol. The molecule has 29 heavy (non-hydrogen) atoms. The molecule has 0 aliphatic heterocycles. The quantitative estimate of drug-likeness (QED) is 0.666. The molecule has 0 aliphatic carbocycles. The van der Waals surface area contributed by atoms with Crippen molar-refractivity contribution in [1.29, 1.82) is 0 Å². The lowest BCUT2D eigenvalue weighted by Gasteiger charge is -2.19. The van der Waals surface area contributed by atoms with Gasteiger partial charge in [-0.1, -0.05) is 18.2 Å². The van der Waals surface area contributed by atoms with Crippen molar-refractivity contribution in [2.45, 2.75) is 37.9 Å². The van der Waals surface area contributed by atoms with Gasteiger partial charge in [-0.3, -0.25) is 4.79 Å².